The summed E-state index contributed by atoms with van der Waals surface area (Å²) in [5, 5.41) is 5.74. The average molecular weight is 327 g/mol. The van der Waals surface area contributed by atoms with Crippen molar-refractivity contribution < 1.29 is 9.18 Å². The third-order valence-corrected chi connectivity index (χ3v) is 3.68. The average Bonchev–Trinajstić information content (AvgIpc) is 2.76. The zero-order valence-corrected chi connectivity index (χ0v) is 11.5. The van der Waals surface area contributed by atoms with Gasteiger partial charge in [0.15, 0.2) is 0 Å². The van der Waals surface area contributed by atoms with Crippen LogP contribution in [0.3, 0.4) is 0 Å². The number of thiophene rings is 1. The van der Waals surface area contributed by atoms with Crippen molar-refractivity contribution in [3.63, 3.8) is 0 Å². The Bertz CT molecular complexity index is 580. The van der Waals surface area contributed by atoms with Crippen LogP contribution in [-0.4, -0.2) is 12.1 Å². The summed E-state index contributed by atoms with van der Waals surface area (Å²) >= 11 is 4.82. The number of benzene rings is 1. The molecule has 0 aliphatic rings. The summed E-state index contributed by atoms with van der Waals surface area (Å²) in [7, 11) is 0. The molecule has 1 heterocycles. The largest absolute Gasteiger partial charge is 0.271 e. The van der Waals surface area contributed by atoms with E-state index in [1.54, 1.807) is 6.21 Å². The van der Waals surface area contributed by atoms with E-state index in [9.17, 15) is 9.18 Å². The third-order valence-electron chi connectivity index (χ3n) is 2.05. The van der Waals surface area contributed by atoms with Gasteiger partial charge in [-0.15, -0.1) is 11.3 Å². The van der Waals surface area contributed by atoms with E-state index in [0.717, 1.165) is 9.35 Å². The Labute approximate surface area is 115 Å². The van der Waals surface area contributed by atoms with Crippen molar-refractivity contribution in [3.05, 3.63) is 56.4 Å². The van der Waals surface area contributed by atoms with Crippen LogP contribution in [-0.2, 0) is 0 Å². The number of hydrogen-bond donors (Lipinski definition) is 1. The first-order chi connectivity index (χ1) is 8.65. The predicted molar refractivity (Wildman–Crippen MR) is 73.5 cm³/mol. The van der Waals surface area contributed by atoms with Crippen LogP contribution in [0.5, 0.6) is 0 Å². The number of nitrogens with zero attached hydrogens (tertiary/aromatic N) is 1. The van der Waals surface area contributed by atoms with Gasteiger partial charge in [0.25, 0.3) is 5.91 Å². The van der Waals surface area contributed by atoms with Crippen LogP contribution < -0.4 is 5.43 Å². The molecule has 0 bridgehead atoms. The molecule has 0 spiro atoms. The minimum Gasteiger partial charge on any atom is -0.267 e. The molecule has 6 heteroatoms. The molecule has 0 atom stereocenters. The standard InChI is InChI=1S/C12H8BrFN2OS/c13-9-5-11(18-7-9)6-15-16-12(17)8-1-3-10(14)4-2-8/h1-7H,(H,16,17)/b15-6-. The molecule has 0 saturated heterocycles. The Balaban J connectivity index is 1.96. The van der Waals surface area contributed by atoms with Crippen LogP contribution in [0.1, 0.15) is 15.2 Å². The maximum absolute atomic E-state index is 12.7. The fourth-order valence-corrected chi connectivity index (χ4v) is 2.52. The molecule has 0 saturated carbocycles. The lowest BCUT2D eigenvalue weighted by Crippen LogP contribution is -2.17. The quantitative estimate of drug-likeness (QED) is 0.681. The Hall–Kier alpha value is -1.53. The van der Waals surface area contributed by atoms with Crippen LogP contribution in [0.4, 0.5) is 4.39 Å². The van der Waals surface area contributed by atoms with Crippen molar-refractivity contribution >= 4 is 39.4 Å². The summed E-state index contributed by atoms with van der Waals surface area (Å²) in [4.78, 5) is 12.5. The molecule has 0 aliphatic carbocycles. The molecule has 3 nitrogen and oxygen atoms in total. The number of halogens is 2. The molecule has 0 radical (unpaired) electrons. The van der Waals surface area contributed by atoms with Crippen molar-refractivity contribution in [1.82, 2.24) is 5.43 Å². The predicted octanol–water partition coefficient (Wildman–Crippen LogP) is 3.41. The van der Waals surface area contributed by atoms with E-state index in [4.69, 9.17) is 0 Å². The molecular formula is C12H8BrFN2OS. The van der Waals surface area contributed by atoms with Gasteiger partial charge in [-0.05, 0) is 46.3 Å². The summed E-state index contributed by atoms with van der Waals surface area (Å²) in [6.45, 7) is 0. The molecule has 2 aromatic rings. The minimum absolute atomic E-state index is 0.362. The molecule has 18 heavy (non-hydrogen) atoms. The molecule has 1 amide bonds. The highest BCUT2D eigenvalue weighted by Gasteiger charge is 2.03. The van der Waals surface area contributed by atoms with E-state index in [-0.39, 0.29) is 11.7 Å². The maximum Gasteiger partial charge on any atom is 0.271 e. The molecule has 1 N–H and O–H groups in total. The van der Waals surface area contributed by atoms with Gasteiger partial charge in [0.2, 0.25) is 0 Å². The Morgan fingerprint density at radius 3 is 2.72 bits per heavy atom. The summed E-state index contributed by atoms with van der Waals surface area (Å²) < 4.78 is 13.6. The lowest BCUT2D eigenvalue weighted by atomic mass is 10.2. The van der Waals surface area contributed by atoms with Crippen LogP contribution in [0, 0.1) is 5.82 Å². The Morgan fingerprint density at radius 1 is 1.39 bits per heavy atom. The highest BCUT2D eigenvalue weighted by molar-refractivity contribution is 9.10. The van der Waals surface area contributed by atoms with Crippen molar-refractivity contribution in [1.29, 1.82) is 0 Å². The van der Waals surface area contributed by atoms with E-state index >= 15 is 0 Å². The number of amides is 1. The molecule has 92 valence electrons. The molecule has 0 aliphatic heterocycles. The van der Waals surface area contributed by atoms with Gasteiger partial charge in [0, 0.05) is 20.3 Å². The van der Waals surface area contributed by atoms with Gasteiger partial charge in [-0.3, -0.25) is 4.79 Å². The van der Waals surface area contributed by atoms with E-state index in [2.05, 4.69) is 26.5 Å². The lowest BCUT2D eigenvalue weighted by molar-refractivity contribution is 0.0955. The van der Waals surface area contributed by atoms with Crippen LogP contribution in [0.15, 0.2) is 45.3 Å². The second-order valence-electron chi connectivity index (χ2n) is 3.37. The first kappa shape index (κ1) is 12.9. The number of hydrazone groups is 1. The van der Waals surface area contributed by atoms with Crippen LogP contribution >= 0.6 is 27.3 Å². The smallest absolute Gasteiger partial charge is 0.267 e. The monoisotopic (exact) mass is 326 g/mol. The van der Waals surface area contributed by atoms with E-state index < -0.39 is 0 Å². The number of carbonyl (C=O) groups excluding carboxylic acids is 1. The van der Waals surface area contributed by atoms with E-state index in [0.29, 0.717) is 5.56 Å². The molecule has 1 aromatic heterocycles. The number of nitrogens with one attached hydrogen (secondary N) is 1. The van der Waals surface area contributed by atoms with Crippen molar-refractivity contribution in [3.8, 4) is 0 Å². The molecule has 0 fully saturated rings. The molecule has 2 rings (SSSR count). The SMILES string of the molecule is O=C(N/N=C\c1cc(Br)cs1)c1ccc(F)cc1. The number of rotatable bonds is 3. The van der Waals surface area contributed by atoms with Gasteiger partial charge in [-0.1, -0.05) is 0 Å². The van der Waals surface area contributed by atoms with Crippen LogP contribution in [0.2, 0.25) is 0 Å². The third kappa shape index (κ3) is 3.48. The summed E-state index contributed by atoms with van der Waals surface area (Å²) in [6, 6.07) is 7.16. The Kier molecular flexibility index (Phi) is 4.22. The zero-order valence-electron chi connectivity index (χ0n) is 9.06. The van der Waals surface area contributed by atoms with Gasteiger partial charge < -0.3 is 0 Å². The van der Waals surface area contributed by atoms with Crippen molar-refractivity contribution in [2.45, 2.75) is 0 Å². The fourth-order valence-electron chi connectivity index (χ4n) is 1.22. The Morgan fingerprint density at radius 2 is 2.11 bits per heavy atom. The molecule has 0 unspecified atom stereocenters. The van der Waals surface area contributed by atoms with Gasteiger partial charge in [-0.25, -0.2) is 9.82 Å². The maximum atomic E-state index is 12.7. The van der Waals surface area contributed by atoms with Crippen LogP contribution in [0.25, 0.3) is 0 Å². The van der Waals surface area contributed by atoms with E-state index in [1.165, 1.54) is 35.6 Å². The number of hydrogen-bond acceptors (Lipinski definition) is 3. The summed E-state index contributed by atoms with van der Waals surface area (Å²) in [6.07, 6.45) is 1.55. The first-order valence-electron chi connectivity index (χ1n) is 4.98. The second kappa shape index (κ2) is 5.88. The zero-order chi connectivity index (χ0) is 13.0. The minimum atomic E-state index is -0.376. The molecular weight excluding hydrogens is 319 g/mol. The van der Waals surface area contributed by atoms with Gasteiger partial charge in [-0.2, -0.15) is 5.10 Å². The summed E-state index contributed by atoms with van der Waals surface area (Å²) in [5.74, 6) is -0.750. The normalized spacial score (nSPS) is 10.8. The summed E-state index contributed by atoms with van der Waals surface area (Å²) in [5.41, 5.74) is 2.74. The first-order valence-corrected chi connectivity index (χ1v) is 6.65. The van der Waals surface area contributed by atoms with Crippen molar-refractivity contribution in [2.24, 2.45) is 5.10 Å². The van der Waals surface area contributed by atoms with Gasteiger partial charge >= 0.3 is 0 Å². The second-order valence-corrected chi connectivity index (χ2v) is 5.23. The van der Waals surface area contributed by atoms with Gasteiger partial charge in [0.05, 0.1) is 6.21 Å². The van der Waals surface area contributed by atoms with Crippen molar-refractivity contribution in [2.75, 3.05) is 0 Å². The van der Waals surface area contributed by atoms with Gasteiger partial charge in [0.1, 0.15) is 5.82 Å². The topological polar surface area (TPSA) is 41.5 Å². The number of carbonyl (C=O) groups is 1. The highest BCUT2D eigenvalue weighted by Crippen LogP contribution is 2.17. The highest BCUT2D eigenvalue weighted by atomic mass is 79.9. The fraction of sp³-hybridized carbons (Fsp3) is 0. The molecule has 1 aromatic carbocycles. The lowest BCUT2D eigenvalue weighted by Gasteiger charge is -1.98. The van der Waals surface area contributed by atoms with E-state index in [1.807, 2.05) is 11.4 Å².